The standard InChI is InChI=1S/C10H10N4O4/c1-17-8-4-6(11-5-12-8)10-13-7(18-14-10)2-3-9(15)16/h4-5H,2-3H2,1H3,(H,15,16). The van der Waals surface area contributed by atoms with E-state index in [0.29, 0.717) is 11.6 Å². The van der Waals surface area contributed by atoms with Gasteiger partial charge in [0.05, 0.1) is 13.5 Å². The number of hydrogen-bond acceptors (Lipinski definition) is 7. The zero-order chi connectivity index (χ0) is 13.0. The van der Waals surface area contributed by atoms with Crippen molar-refractivity contribution in [3.05, 3.63) is 18.3 Å². The summed E-state index contributed by atoms with van der Waals surface area (Å²) in [6, 6.07) is 1.56. The highest BCUT2D eigenvalue weighted by molar-refractivity contribution is 5.66. The first-order valence-electron chi connectivity index (χ1n) is 5.10. The van der Waals surface area contributed by atoms with Crippen molar-refractivity contribution in [2.24, 2.45) is 0 Å². The number of aromatic nitrogens is 4. The van der Waals surface area contributed by atoms with Gasteiger partial charge in [0.2, 0.25) is 17.6 Å². The van der Waals surface area contributed by atoms with Crippen LogP contribution in [0.3, 0.4) is 0 Å². The van der Waals surface area contributed by atoms with Crippen LogP contribution >= 0.6 is 0 Å². The molecule has 8 heteroatoms. The summed E-state index contributed by atoms with van der Waals surface area (Å²) in [6.07, 6.45) is 1.45. The Morgan fingerprint density at radius 1 is 1.50 bits per heavy atom. The van der Waals surface area contributed by atoms with Crippen molar-refractivity contribution >= 4 is 5.97 Å². The van der Waals surface area contributed by atoms with Gasteiger partial charge in [-0.2, -0.15) is 4.98 Å². The minimum atomic E-state index is -0.918. The largest absolute Gasteiger partial charge is 0.481 e. The van der Waals surface area contributed by atoms with Gasteiger partial charge in [0, 0.05) is 12.5 Å². The third kappa shape index (κ3) is 2.78. The molecule has 2 rings (SSSR count). The summed E-state index contributed by atoms with van der Waals surface area (Å²) in [5.74, 6) is -0.00332. The van der Waals surface area contributed by atoms with E-state index in [1.54, 1.807) is 6.07 Å². The van der Waals surface area contributed by atoms with E-state index in [4.69, 9.17) is 14.4 Å². The van der Waals surface area contributed by atoms with Crippen molar-refractivity contribution in [1.29, 1.82) is 0 Å². The van der Waals surface area contributed by atoms with Gasteiger partial charge in [-0.1, -0.05) is 5.16 Å². The number of carbonyl (C=O) groups is 1. The molecule has 0 spiro atoms. The zero-order valence-electron chi connectivity index (χ0n) is 9.53. The van der Waals surface area contributed by atoms with Crippen LogP contribution in [0.2, 0.25) is 0 Å². The van der Waals surface area contributed by atoms with Crippen molar-refractivity contribution in [2.45, 2.75) is 12.8 Å². The van der Waals surface area contributed by atoms with Gasteiger partial charge in [-0.3, -0.25) is 4.79 Å². The lowest BCUT2D eigenvalue weighted by atomic mass is 10.3. The number of aliphatic carboxylic acids is 1. The predicted octanol–water partition coefficient (Wildman–Crippen LogP) is 0.552. The molecule has 0 saturated carbocycles. The van der Waals surface area contributed by atoms with Crippen molar-refractivity contribution in [3.63, 3.8) is 0 Å². The van der Waals surface area contributed by atoms with Crippen LogP contribution in [0.4, 0.5) is 0 Å². The summed E-state index contributed by atoms with van der Waals surface area (Å²) in [5.41, 5.74) is 0.451. The molecule has 94 valence electrons. The first kappa shape index (κ1) is 12.0. The van der Waals surface area contributed by atoms with Gasteiger partial charge >= 0.3 is 5.97 Å². The Hall–Kier alpha value is -2.51. The third-order valence-electron chi connectivity index (χ3n) is 2.10. The van der Waals surface area contributed by atoms with E-state index >= 15 is 0 Å². The number of aryl methyl sites for hydroxylation is 1. The maximum atomic E-state index is 10.4. The van der Waals surface area contributed by atoms with E-state index in [-0.39, 0.29) is 24.6 Å². The number of rotatable bonds is 5. The van der Waals surface area contributed by atoms with Crippen LogP contribution < -0.4 is 4.74 Å². The molecule has 18 heavy (non-hydrogen) atoms. The van der Waals surface area contributed by atoms with Crippen LogP contribution in [0.5, 0.6) is 5.88 Å². The molecule has 0 bridgehead atoms. The Kier molecular flexibility index (Phi) is 3.46. The Morgan fingerprint density at radius 3 is 3.06 bits per heavy atom. The molecule has 0 aromatic carbocycles. The predicted molar refractivity (Wildman–Crippen MR) is 57.8 cm³/mol. The summed E-state index contributed by atoms with van der Waals surface area (Å²) in [4.78, 5) is 22.3. The second-order valence-corrected chi connectivity index (χ2v) is 3.35. The molecule has 8 nitrogen and oxygen atoms in total. The number of carboxylic acid groups (broad SMARTS) is 1. The lowest BCUT2D eigenvalue weighted by molar-refractivity contribution is -0.137. The summed E-state index contributed by atoms with van der Waals surface area (Å²) >= 11 is 0. The van der Waals surface area contributed by atoms with Gasteiger partial charge in [0.25, 0.3) is 0 Å². The molecule has 2 aromatic rings. The van der Waals surface area contributed by atoms with Crippen molar-refractivity contribution in [1.82, 2.24) is 20.1 Å². The average molecular weight is 250 g/mol. The molecule has 0 saturated heterocycles. The van der Waals surface area contributed by atoms with E-state index in [1.165, 1.54) is 13.4 Å². The fourth-order valence-electron chi connectivity index (χ4n) is 1.25. The fourth-order valence-corrected chi connectivity index (χ4v) is 1.25. The Balaban J connectivity index is 2.15. The Bertz CT molecular complexity index is 554. The number of carboxylic acids is 1. The minimum Gasteiger partial charge on any atom is -0.481 e. The Labute approximate surface area is 102 Å². The van der Waals surface area contributed by atoms with Crippen LogP contribution in [0, 0.1) is 0 Å². The molecule has 0 aliphatic carbocycles. The number of hydrogen-bond donors (Lipinski definition) is 1. The topological polar surface area (TPSA) is 111 Å². The molecular formula is C10H10N4O4. The van der Waals surface area contributed by atoms with E-state index in [0.717, 1.165) is 0 Å². The molecule has 2 heterocycles. The van der Waals surface area contributed by atoms with Gasteiger partial charge in [-0.15, -0.1) is 0 Å². The number of methoxy groups -OCH3 is 1. The second-order valence-electron chi connectivity index (χ2n) is 3.35. The summed E-state index contributed by atoms with van der Waals surface area (Å²) in [5, 5.41) is 12.3. The normalized spacial score (nSPS) is 10.3. The smallest absolute Gasteiger partial charge is 0.303 e. The van der Waals surface area contributed by atoms with Gasteiger partial charge in [-0.05, 0) is 0 Å². The molecule has 0 radical (unpaired) electrons. The highest BCUT2D eigenvalue weighted by Gasteiger charge is 2.12. The molecule has 0 aliphatic rings. The van der Waals surface area contributed by atoms with E-state index in [9.17, 15) is 4.79 Å². The second kappa shape index (κ2) is 5.21. The number of nitrogens with zero attached hydrogens (tertiary/aromatic N) is 4. The van der Waals surface area contributed by atoms with Crippen LogP contribution in [0.15, 0.2) is 16.9 Å². The fraction of sp³-hybridized carbons (Fsp3) is 0.300. The minimum absolute atomic E-state index is 0.0608. The van der Waals surface area contributed by atoms with E-state index < -0.39 is 5.97 Å². The molecule has 0 amide bonds. The van der Waals surface area contributed by atoms with Crippen molar-refractivity contribution in [2.75, 3.05) is 7.11 Å². The zero-order valence-corrected chi connectivity index (χ0v) is 9.53. The molecule has 1 N–H and O–H groups in total. The molecule has 2 aromatic heterocycles. The van der Waals surface area contributed by atoms with E-state index in [2.05, 4.69) is 20.1 Å². The van der Waals surface area contributed by atoms with Crippen LogP contribution in [-0.2, 0) is 11.2 Å². The summed E-state index contributed by atoms with van der Waals surface area (Å²) in [6.45, 7) is 0. The molecular weight excluding hydrogens is 240 g/mol. The monoisotopic (exact) mass is 250 g/mol. The first-order valence-corrected chi connectivity index (χ1v) is 5.10. The van der Waals surface area contributed by atoms with Crippen molar-refractivity contribution < 1.29 is 19.2 Å². The maximum Gasteiger partial charge on any atom is 0.303 e. The SMILES string of the molecule is COc1cc(-c2noc(CCC(=O)O)n2)ncn1. The highest BCUT2D eigenvalue weighted by Crippen LogP contribution is 2.16. The average Bonchev–Trinajstić information content (AvgIpc) is 2.85. The first-order chi connectivity index (χ1) is 8.69. The molecule has 0 unspecified atom stereocenters. The van der Waals surface area contributed by atoms with Gasteiger partial charge < -0.3 is 14.4 Å². The maximum absolute atomic E-state index is 10.4. The lowest BCUT2D eigenvalue weighted by Crippen LogP contribution is -1.97. The van der Waals surface area contributed by atoms with Crippen LogP contribution in [-0.4, -0.2) is 38.3 Å². The van der Waals surface area contributed by atoms with Gasteiger partial charge in [0.1, 0.15) is 12.0 Å². The summed E-state index contributed by atoms with van der Waals surface area (Å²) in [7, 11) is 1.49. The van der Waals surface area contributed by atoms with E-state index in [1.807, 2.05) is 0 Å². The molecule has 0 aliphatic heterocycles. The van der Waals surface area contributed by atoms with Crippen molar-refractivity contribution in [3.8, 4) is 17.4 Å². The quantitative estimate of drug-likeness (QED) is 0.818. The highest BCUT2D eigenvalue weighted by atomic mass is 16.5. The van der Waals surface area contributed by atoms with Gasteiger partial charge in [-0.25, -0.2) is 9.97 Å². The van der Waals surface area contributed by atoms with Crippen LogP contribution in [0.1, 0.15) is 12.3 Å². The molecule has 0 fully saturated rings. The van der Waals surface area contributed by atoms with Gasteiger partial charge in [0.15, 0.2) is 0 Å². The number of ether oxygens (including phenoxy) is 1. The van der Waals surface area contributed by atoms with Crippen LogP contribution in [0.25, 0.3) is 11.5 Å². The summed E-state index contributed by atoms with van der Waals surface area (Å²) < 4.78 is 9.86. The Morgan fingerprint density at radius 2 is 2.33 bits per heavy atom. The molecule has 0 atom stereocenters. The lowest BCUT2D eigenvalue weighted by Gasteiger charge is -1.97. The third-order valence-corrected chi connectivity index (χ3v) is 2.10.